The van der Waals surface area contributed by atoms with E-state index in [9.17, 15) is 9.59 Å². The molecule has 1 aliphatic heterocycles. The molecule has 0 aliphatic carbocycles. The predicted molar refractivity (Wildman–Crippen MR) is 81.9 cm³/mol. The number of hydrogen-bond donors (Lipinski definition) is 2. The summed E-state index contributed by atoms with van der Waals surface area (Å²) in [6.45, 7) is 7.03. The van der Waals surface area contributed by atoms with E-state index in [0.29, 0.717) is 13.1 Å². The minimum Gasteiger partial charge on any atom is -0.350 e. The van der Waals surface area contributed by atoms with Crippen molar-refractivity contribution in [3.05, 3.63) is 35.4 Å². The maximum atomic E-state index is 12.1. The van der Waals surface area contributed by atoms with Gasteiger partial charge >= 0.3 is 6.03 Å². The molecule has 2 N–H and O–H groups in total. The van der Waals surface area contributed by atoms with E-state index in [1.807, 2.05) is 39.0 Å². The molecule has 1 aliphatic rings. The Bertz CT molecular complexity index is 535. The van der Waals surface area contributed by atoms with E-state index >= 15 is 0 Å². The average Bonchev–Trinajstić information content (AvgIpc) is 2.42. The molecule has 1 aromatic rings. The molecule has 0 saturated carbocycles. The summed E-state index contributed by atoms with van der Waals surface area (Å²) in [4.78, 5) is 25.6. The van der Waals surface area contributed by atoms with Crippen molar-refractivity contribution in [2.75, 3.05) is 13.1 Å². The molecule has 0 saturated heterocycles. The van der Waals surface area contributed by atoms with Crippen molar-refractivity contribution >= 4 is 11.9 Å². The summed E-state index contributed by atoms with van der Waals surface area (Å²) in [5.41, 5.74) is 2.19. The average molecular weight is 289 g/mol. The van der Waals surface area contributed by atoms with Gasteiger partial charge in [0.2, 0.25) is 5.91 Å². The maximum absolute atomic E-state index is 12.1. The third-order valence-electron chi connectivity index (χ3n) is 3.33. The van der Waals surface area contributed by atoms with Gasteiger partial charge in [0.05, 0.1) is 6.54 Å². The van der Waals surface area contributed by atoms with Gasteiger partial charge in [-0.15, -0.1) is 0 Å². The lowest BCUT2D eigenvalue weighted by Crippen LogP contribution is -2.49. The summed E-state index contributed by atoms with van der Waals surface area (Å²) >= 11 is 0. The maximum Gasteiger partial charge on any atom is 0.318 e. The van der Waals surface area contributed by atoms with E-state index in [0.717, 1.165) is 6.42 Å². The monoisotopic (exact) mass is 289 g/mol. The van der Waals surface area contributed by atoms with Gasteiger partial charge in [-0.2, -0.15) is 0 Å². The van der Waals surface area contributed by atoms with Gasteiger partial charge in [-0.25, -0.2) is 4.79 Å². The zero-order chi connectivity index (χ0) is 15.5. The molecule has 2 rings (SSSR count). The molecular weight excluding hydrogens is 266 g/mol. The van der Waals surface area contributed by atoms with Crippen LogP contribution in [-0.2, 0) is 17.8 Å². The quantitative estimate of drug-likeness (QED) is 0.870. The van der Waals surface area contributed by atoms with Gasteiger partial charge in [-0.1, -0.05) is 24.3 Å². The van der Waals surface area contributed by atoms with Crippen LogP contribution in [0.25, 0.3) is 0 Å². The molecule has 114 valence electrons. The first-order chi connectivity index (χ1) is 9.85. The fourth-order valence-corrected chi connectivity index (χ4v) is 2.40. The van der Waals surface area contributed by atoms with Gasteiger partial charge in [-0.3, -0.25) is 4.79 Å². The lowest BCUT2D eigenvalue weighted by atomic mass is 10.0. The van der Waals surface area contributed by atoms with Gasteiger partial charge < -0.3 is 15.5 Å². The standard InChI is InChI=1S/C16H23N3O2/c1-16(2,3)18-14(20)10-17-15(21)19-9-8-12-6-4-5-7-13(12)11-19/h4-7H,8-11H2,1-3H3,(H,17,21)(H,18,20). The number of benzene rings is 1. The molecule has 0 fully saturated rings. The fourth-order valence-electron chi connectivity index (χ4n) is 2.40. The molecule has 0 aromatic heterocycles. The number of carbonyl (C=O) groups is 2. The van der Waals surface area contributed by atoms with Crippen molar-refractivity contribution in [2.24, 2.45) is 0 Å². The van der Waals surface area contributed by atoms with E-state index < -0.39 is 0 Å². The van der Waals surface area contributed by atoms with E-state index in [4.69, 9.17) is 0 Å². The Morgan fingerprint density at radius 3 is 2.52 bits per heavy atom. The smallest absolute Gasteiger partial charge is 0.318 e. The Morgan fingerprint density at radius 1 is 1.19 bits per heavy atom. The van der Waals surface area contributed by atoms with Crippen LogP contribution < -0.4 is 10.6 Å². The third-order valence-corrected chi connectivity index (χ3v) is 3.33. The second-order valence-corrected chi connectivity index (χ2v) is 6.40. The first-order valence-electron chi connectivity index (χ1n) is 7.26. The van der Waals surface area contributed by atoms with Gasteiger partial charge in [0, 0.05) is 18.6 Å². The fraction of sp³-hybridized carbons (Fsp3) is 0.500. The summed E-state index contributed by atoms with van der Waals surface area (Å²) in [5.74, 6) is -0.173. The largest absolute Gasteiger partial charge is 0.350 e. The van der Waals surface area contributed by atoms with E-state index in [-0.39, 0.29) is 24.0 Å². The summed E-state index contributed by atoms with van der Waals surface area (Å²) in [6.07, 6.45) is 0.859. The second-order valence-electron chi connectivity index (χ2n) is 6.40. The number of nitrogens with one attached hydrogen (secondary N) is 2. The highest BCUT2D eigenvalue weighted by molar-refractivity contribution is 5.84. The van der Waals surface area contributed by atoms with Crippen LogP contribution >= 0.6 is 0 Å². The Labute approximate surface area is 125 Å². The number of nitrogens with zero attached hydrogens (tertiary/aromatic N) is 1. The first kappa shape index (κ1) is 15.4. The van der Waals surface area contributed by atoms with Crippen molar-refractivity contribution in [3.63, 3.8) is 0 Å². The highest BCUT2D eigenvalue weighted by atomic mass is 16.2. The molecule has 0 atom stereocenters. The summed E-state index contributed by atoms with van der Waals surface area (Å²) in [5, 5.41) is 5.50. The van der Waals surface area contributed by atoms with Crippen LogP contribution in [0.4, 0.5) is 4.79 Å². The molecule has 1 heterocycles. The predicted octanol–water partition coefficient (Wildman–Crippen LogP) is 1.67. The Kier molecular flexibility index (Phi) is 4.50. The van der Waals surface area contributed by atoms with E-state index in [1.165, 1.54) is 11.1 Å². The lowest BCUT2D eigenvalue weighted by molar-refractivity contribution is -0.121. The van der Waals surface area contributed by atoms with Crippen LogP contribution in [0, 0.1) is 0 Å². The minimum absolute atomic E-state index is 0.00818. The highest BCUT2D eigenvalue weighted by Gasteiger charge is 2.21. The zero-order valence-corrected chi connectivity index (χ0v) is 12.9. The number of amides is 3. The summed E-state index contributed by atoms with van der Waals surface area (Å²) in [7, 11) is 0. The second kappa shape index (κ2) is 6.16. The molecule has 5 nitrogen and oxygen atoms in total. The topological polar surface area (TPSA) is 61.4 Å². The van der Waals surface area contributed by atoms with Crippen LogP contribution in [0.3, 0.4) is 0 Å². The number of fused-ring (bicyclic) bond motifs is 1. The van der Waals surface area contributed by atoms with Crippen LogP contribution in [0.15, 0.2) is 24.3 Å². The SMILES string of the molecule is CC(C)(C)NC(=O)CNC(=O)N1CCc2ccccc2C1. The lowest BCUT2D eigenvalue weighted by Gasteiger charge is -2.29. The minimum atomic E-state index is -0.286. The normalized spacial score (nSPS) is 14.3. The molecule has 0 spiro atoms. The van der Waals surface area contributed by atoms with Crippen LogP contribution in [0.5, 0.6) is 0 Å². The van der Waals surface area contributed by atoms with Crippen LogP contribution in [-0.4, -0.2) is 35.5 Å². The van der Waals surface area contributed by atoms with Crippen molar-refractivity contribution in [1.82, 2.24) is 15.5 Å². The molecule has 0 bridgehead atoms. The molecular formula is C16H23N3O2. The molecule has 1 aromatic carbocycles. The number of rotatable bonds is 2. The highest BCUT2D eigenvalue weighted by Crippen LogP contribution is 2.18. The Hall–Kier alpha value is -2.04. The molecule has 0 radical (unpaired) electrons. The molecule has 21 heavy (non-hydrogen) atoms. The van der Waals surface area contributed by atoms with Gasteiger partial charge in [0.15, 0.2) is 0 Å². The molecule has 0 unspecified atom stereocenters. The van der Waals surface area contributed by atoms with Crippen molar-refractivity contribution in [3.8, 4) is 0 Å². The van der Waals surface area contributed by atoms with Gasteiger partial charge in [0.1, 0.15) is 0 Å². The van der Waals surface area contributed by atoms with Crippen molar-refractivity contribution in [2.45, 2.75) is 39.3 Å². The summed E-state index contributed by atoms with van der Waals surface area (Å²) in [6, 6.07) is 7.96. The zero-order valence-electron chi connectivity index (χ0n) is 12.9. The summed E-state index contributed by atoms with van der Waals surface area (Å²) < 4.78 is 0. The van der Waals surface area contributed by atoms with Gasteiger partial charge in [0.25, 0.3) is 0 Å². The van der Waals surface area contributed by atoms with Gasteiger partial charge in [-0.05, 0) is 38.3 Å². The third kappa shape index (κ3) is 4.48. The number of hydrogen-bond acceptors (Lipinski definition) is 2. The van der Waals surface area contributed by atoms with E-state index in [1.54, 1.807) is 4.90 Å². The van der Waals surface area contributed by atoms with Crippen LogP contribution in [0.1, 0.15) is 31.9 Å². The first-order valence-corrected chi connectivity index (χ1v) is 7.26. The molecule has 5 heteroatoms. The number of carbonyl (C=O) groups excluding carboxylic acids is 2. The molecule has 3 amide bonds. The van der Waals surface area contributed by atoms with Crippen molar-refractivity contribution in [1.29, 1.82) is 0 Å². The Balaban J connectivity index is 1.84. The van der Waals surface area contributed by atoms with Crippen LogP contribution in [0.2, 0.25) is 0 Å². The Morgan fingerprint density at radius 2 is 1.86 bits per heavy atom. The van der Waals surface area contributed by atoms with E-state index in [2.05, 4.69) is 16.7 Å². The van der Waals surface area contributed by atoms with Crippen molar-refractivity contribution < 1.29 is 9.59 Å². The number of urea groups is 1.